The molecule has 1 nitrogen and oxygen atoms in total. The first-order chi connectivity index (χ1) is 6.36. The van der Waals surface area contributed by atoms with Crippen molar-refractivity contribution in [1.29, 1.82) is 0 Å². The van der Waals surface area contributed by atoms with Crippen LogP contribution in [0, 0.1) is 5.82 Å². The molecule has 1 saturated heterocycles. The van der Waals surface area contributed by atoms with E-state index in [1.807, 2.05) is 23.9 Å². The summed E-state index contributed by atoms with van der Waals surface area (Å²) in [6.07, 6.45) is 1.22. The van der Waals surface area contributed by atoms with Gasteiger partial charge in [0.1, 0.15) is 5.82 Å². The third kappa shape index (κ3) is 2.23. The quantitative estimate of drug-likeness (QED) is 0.742. The second-order valence-corrected chi connectivity index (χ2v) is 4.32. The topological polar surface area (TPSA) is 12.0 Å². The predicted molar refractivity (Wildman–Crippen MR) is 54.2 cm³/mol. The summed E-state index contributed by atoms with van der Waals surface area (Å²) in [6, 6.07) is 6.75. The Balaban J connectivity index is 2.10. The van der Waals surface area contributed by atoms with Gasteiger partial charge in [0.05, 0.1) is 5.37 Å². The summed E-state index contributed by atoms with van der Waals surface area (Å²) < 4.78 is 12.6. The Labute approximate surface area is 81.7 Å². The molecule has 0 aromatic heterocycles. The van der Waals surface area contributed by atoms with Crippen molar-refractivity contribution in [1.82, 2.24) is 5.32 Å². The molecule has 13 heavy (non-hydrogen) atoms. The molecule has 2 rings (SSSR count). The maximum atomic E-state index is 12.6. The molecule has 1 aromatic rings. The van der Waals surface area contributed by atoms with E-state index in [4.69, 9.17) is 0 Å². The van der Waals surface area contributed by atoms with Gasteiger partial charge in [-0.05, 0) is 36.4 Å². The zero-order valence-electron chi connectivity index (χ0n) is 7.29. The van der Waals surface area contributed by atoms with Crippen molar-refractivity contribution >= 4 is 11.8 Å². The summed E-state index contributed by atoms with van der Waals surface area (Å²) in [6.45, 7) is 1.06. The molecule has 1 aromatic carbocycles. The number of nitrogens with one attached hydrogen (secondary N) is 1. The van der Waals surface area contributed by atoms with Crippen LogP contribution in [0.25, 0.3) is 0 Å². The molecular formula is C10H12FNS. The highest BCUT2D eigenvalue weighted by Gasteiger charge is 2.14. The van der Waals surface area contributed by atoms with Crippen LogP contribution in [0.3, 0.4) is 0 Å². The largest absolute Gasteiger partial charge is 0.302 e. The molecule has 1 fully saturated rings. The van der Waals surface area contributed by atoms with Crippen molar-refractivity contribution in [2.75, 3.05) is 12.3 Å². The van der Waals surface area contributed by atoms with Gasteiger partial charge in [0.25, 0.3) is 0 Å². The van der Waals surface area contributed by atoms with Crippen LogP contribution >= 0.6 is 11.8 Å². The van der Waals surface area contributed by atoms with Gasteiger partial charge >= 0.3 is 0 Å². The number of rotatable bonds is 1. The molecule has 1 heterocycles. The first-order valence-corrected chi connectivity index (χ1v) is 5.51. The Morgan fingerprint density at radius 1 is 1.31 bits per heavy atom. The van der Waals surface area contributed by atoms with E-state index in [1.54, 1.807) is 0 Å². The number of hydrogen-bond donors (Lipinski definition) is 1. The number of benzene rings is 1. The lowest BCUT2D eigenvalue weighted by molar-refractivity contribution is 0.620. The lowest BCUT2D eigenvalue weighted by Gasteiger charge is -2.23. The zero-order chi connectivity index (χ0) is 9.10. The van der Waals surface area contributed by atoms with Gasteiger partial charge in [-0.25, -0.2) is 4.39 Å². The summed E-state index contributed by atoms with van der Waals surface area (Å²) in [4.78, 5) is 0. The van der Waals surface area contributed by atoms with Crippen LogP contribution in [0.5, 0.6) is 0 Å². The highest BCUT2D eigenvalue weighted by atomic mass is 32.2. The molecule has 70 valence electrons. The van der Waals surface area contributed by atoms with Crippen molar-refractivity contribution < 1.29 is 4.39 Å². The van der Waals surface area contributed by atoms with Crippen LogP contribution in [0.2, 0.25) is 0 Å². The molecule has 0 bridgehead atoms. The van der Waals surface area contributed by atoms with Crippen molar-refractivity contribution in [3.8, 4) is 0 Å². The summed E-state index contributed by atoms with van der Waals surface area (Å²) in [5, 5.41) is 3.75. The fraction of sp³-hybridized carbons (Fsp3) is 0.400. The minimum Gasteiger partial charge on any atom is -0.302 e. The minimum atomic E-state index is -0.162. The minimum absolute atomic E-state index is 0.162. The van der Waals surface area contributed by atoms with Crippen LogP contribution in [-0.2, 0) is 0 Å². The van der Waals surface area contributed by atoms with E-state index in [1.165, 1.54) is 29.9 Å². The highest BCUT2D eigenvalue weighted by Crippen LogP contribution is 2.29. The third-order valence-corrected chi connectivity index (χ3v) is 3.40. The fourth-order valence-corrected chi connectivity index (χ4v) is 2.55. The van der Waals surface area contributed by atoms with E-state index in [0.717, 1.165) is 6.54 Å². The van der Waals surface area contributed by atoms with Crippen molar-refractivity contribution in [3.63, 3.8) is 0 Å². The normalized spacial score (nSPS) is 23.0. The Morgan fingerprint density at radius 2 is 2.08 bits per heavy atom. The first kappa shape index (κ1) is 9.03. The number of hydrogen-bond acceptors (Lipinski definition) is 2. The molecule has 0 amide bonds. The Bertz CT molecular complexity index is 267. The average Bonchev–Trinajstić information content (AvgIpc) is 2.20. The summed E-state index contributed by atoms with van der Waals surface area (Å²) in [5.41, 5.74) is 1.17. The molecule has 1 aliphatic rings. The molecule has 0 aliphatic carbocycles. The maximum absolute atomic E-state index is 12.6. The van der Waals surface area contributed by atoms with Crippen molar-refractivity contribution in [3.05, 3.63) is 35.6 Å². The van der Waals surface area contributed by atoms with Gasteiger partial charge in [-0.3, -0.25) is 0 Å². The Hall–Kier alpha value is -0.540. The van der Waals surface area contributed by atoms with Crippen molar-refractivity contribution in [2.45, 2.75) is 11.8 Å². The third-order valence-electron chi connectivity index (χ3n) is 2.11. The SMILES string of the molecule is Fc1ccc([C@H]2NCCCS2)cc1. The molecular weight excluding hydrogens is 185 g/mol. The van der Waals surface area contributed by atoms with E-state index in [0.29, 0.717) is 5.37 Å². The summed E-state index contributed by atoms with van der Waals surface area (Å²) >= 11 is 1.89. The number of thioether (sulfide) groups is 1. The lowest BCUT2D eigenvalue weighted by Crippen LogP contribution is -2.25. The van der Waals surface area contributed by atoms with E-state index in [9.17, 15) is 4.39 Å². The van der Waals surface area contributed by atoms with Gasteiger partial charge in [-0.15, -0.1) is 11.8 Å². The van der Waals surface area contributed by atoms with Crippen LogP contribution in [0.1, 0.15) is 17.4 Å². The second kappa shape index (κ2) is 4.11. The monoisotopic (exact) mass is 197 g/mol. The van der Waals surface area contributed by atoms with Gasteiger partial charge in [-0.2, -0.15) is 0 Å². The van der Waals surface area contributed by atoms with Gasteiger partial charge < -0.3 is 5.32 Å². The predicted octanol–water partition coefficient (Wildman–Crippen LogP) is 2.55. The lowest BCUT2D eigenvalue weighted by atomic mass is 10.2. The number of halogens is 1. The van der Waals surface area contributed by atoms with Crippen LogP contribution in [0.4, 0.5) is 4.39 Å². The Kier molecular flexibility index (Phi) is 2.86. The molecule has 0 spiro atoms. The highest BCUT2D eigenvalue weighted by molar-refractivity contribution is 7.99. The molecule has 1 N–H and O–H groups in total. The molecule has 0 unspecified atom stereocenters. The van der Waals surface area contributed by atoms with Gasteiger partial charge in [-0.1, -0.05) is 12.1 Å². The van der Waals surface area contributed by atoms with E-state index < -0.39 is 0 Å². The van der Waals surface area contributed by atoms with Crippen LogP contribution in [-0.4, -0.2) is 12.3 Å². The summed E-state index contributed by atoms with van der Waals surface area (Å²) in [5.74, 6) is 1.03. The molecule has 3 heteroatoms. The smallest absolute Gasteiger partial charge is 0.123 e. The van der Waals surface area contributed by atoms with Crippen LogP contribution < -0.4 is 5.32 Å². The van der Waals surface area contributed by atoms with Gasteiger partial charge in [0, 0.05) is 0 Å². The van der Waals surface area contributed by atoms with E-state index in [-0.39, 0.29) is 5.82 Å². The maximum Gasteiger partial charge on any atom is 0.123 e. The van der Waals surface area contributed by atoms with E-state index in [2.05, 4.69) is 5.32 Å². The molecule has 1 aliphatic heterocycles. The van der Waals surface area contributed by atoms with E-state index >= 15 is 0 Å². The standard InChI is InChI=1S/C10H12FNS/c11-9-4-2-8(3-5-9)10-12-6-1-7-13-10/h2-5,10,12H,1,6-7H2/t10-/m0/s1. The Morgan fingerprint density at radius 3 is 2.69 bits per heavy atom. The van der Waals surface area contributed by atoms with Crippen LogP contribution in [0.15, 0.2) is 24.3 Å². The first-order valence-electron chi connectivity index (χ1n) is 4.47. The van der Waals surface area contributed by atoms with Crippen molar-refractivity contribution in [2.24, 2.45) is 0 Å². The fourth-order valence-electron chi connectivity index (χ4n) is 1.42. The molecule has 1 atom stereocenters. The average molecular weight is 197 g/mol. The molecule has 0 radical (unpaired) electrons. The summed E-state index contributed by atoms with van der Waals surface area (Å²) in [7, 11) is 0. The zero-order valence-corrected chi connectivity index (χ0v) is 8.11. The molecule has 0 saturated carbocycles. The second-order valence-electron chi connectivity index (χ2n) is 3.11. The van der Waals surface area contributed by atoms with Gasteiger partial charge in [0.2, 0.25) is 0 Å². The van der Waals surface area contributed by atoms with Gasteiger partial charge in [0.15, 0.2) is 0 Å².